The van der Waals surface area contributed by atoms with Gasteiger partial charge in [0, 0.05) is 20.8 Å². The van der Waals surface area contributed by atoms with E-state index in [0.717, 1.165) is 13.0 Å². The number of hydrogen-bond donors (Lipinski definition) is 0. The molecule has 0 saturated heterocycles. The zero-order valence-electron chi connectivity index (χ0n) is 10.2. The van der Waals surface area contributed by atoms with Gasteiger partial charge < -0.3 is 9.47 Å². The third-order valence-corrected chi connectivity index (χ3v) is 2.81. The van der Waals surface area contributed by atoms with Crippen LogP contribution in [0, 0.1) is 5.92 Å². The summed E-state index contributed by atoms with van der Waals surface area (Å²) in [5.74, 6) is 0.654. The lowest BCUT2D eigenvalue weighted by Gasteiger charge is -2.22. The Hall–Kier alpha value is -0.0800. The summed E-state index contributed by atoms with van der Waals surface area (Å²) in [5.41, 5.74) is 0. The Kier molecular flexibility index (Phi) is 9.42. The molecule has 0 bridgehead atoms. The molecule has 0 heterocycles. The van der Waals surface area contributed by atoms with Gasteiger partial charge in [-0.25, -0.2) is 0 Å². The molecule has 0 aliphatic heterocycles. The van der Waals surface area contributed by atoms with Gasteiger partial charge in [0.25, 0.3) is 0 Å². The first-order chi connectivity index (χ1) is 6.76. The molecule has 86 valence electrons. The van der Waals surface area contributed by atoms with Crippen LogP contribution < -0.4 is 0 Å². The van der Waals surface area contributed by atoms with E-state index in [-0.39, 0.29) is 0 Å². The molecule has 2 nitrogen and oxygen atoms in total. The molecule has 14 heavy (non-hydrogen) atoms. The zero-order valence-corrected chi connectivity index (χ0v) is 10.2. The second-order valence-corrected chi connectivity index (χ2v) is 4.03. The maximum absolute atomic E-state index is 5.46. The molecule has 0 aromatic rings. The van der Waals surface area contributed by atoms with Gasteiger partial charge in [-0.2, -0.15) is 0 Å². The first-order valence-corrected chi connectivity index (χ1v) is 5.78. The molecular formula is C12H26O2. The van der Waals surface area contributed by atoms with Crippen molar-refractivity contribution in [2.45, 2.75) is 52.1 Å². The van der Waals surface area contributed by atoms with Crippen LogP contribution >= 0.6 is 0 Å². The minimum Gasteiger partial charge on any atom is -0.385 e. The van der Waals surface area contributed by atoms with Gasteiger partial charge in [0.15, 0.2) is 0 Å². The average Bonchev–Trinajstić information content (AvgIpc) is 2.19. The molecular weight excluding hydrogens is 176 g/mol. The molecule has 0 aromatic carbocycles. The lowest BCUT2D eigenvalue weighted by Crippen LogP contribution is -2.22. The summed E-state index contributed by atoms with van der Waals surface area (Å²) < 4.78 is 10.5. The summed E-state index contributed by atoms with van der Waals surface area (Å²) in [7, 11) is 3.55. The van der Waals surface area contributed by atoms with Gasteiger partial charge in [-0.1, -0.05) is 33.1 Å². The van der Waals surface area contributed by atoms with Crippen LogP contribution in [0.5, 0.6) is 0 Å². The molecule has 0 saturated carbocycles. The number of unbranched alkanes of at least 4 members (excludes halogenated alkanes) is 2. The second kappa shape index (κ2) is 9.47. The Bertz CT molecular complexity index is 115. The van der Waals surface area contributed by atoms with Crippen LogP contribution in [-0.2, 0) is 9.47 Å². The topological polar surface area (TPSA) is 18.5 Å². The fraction of sp³-hybridized carbons (Fsp3) is 1.00. The maximum Gasteiger partial charge on any atom is 0.0618 e. The fourth-order valence-electron chi connectivity index (χ4n) is 1.77. The highest BCUT2D eigenvalue weighted by Gasteiger charge is 2.15. The Morgan fingerprint density at radius 1 is 1.07 bits per heavy atom. The van der Waals surface area contributed by atoms with Gasteiger partial charge in [-0.3, -0.25) is 0 Å². The van der Waals surface area contributed by atoms with Gasteiger partial charge in [0.2, 0.25) is 0 Å². The molecule has 0 spiro atoms. The van der Waals surface area contributed by atoms with Crippen LogP contribution in [0.2, 0.25) is 0 Å². The monoisotopic (exact) mass is 202 g/mol. The van der Waals surface area contributed by atoms with E-state index < -0.39 is 0 Å². The molecule has 0 aliphatic rings. The molecule has 2 atom stereocenters. The van der Waals surface area contributed by atoms with Crippen molar-refractivity contribution in [3.8, 4) is 0 Å². The van der Waals surface area contributed by atoms with Crippen LogP contribution in [-0.4, -0.2) is 26.9 Å². The smallest absolute Gasteiger partial charge is 0.0618 e. The van der Waals surface area contributed by atoms with Crippen LogP contribution in [0.1, 0.15) is 46.0 Å². The highest BCUT2D eigenvalue weighted by molar-refractivity contribution is 4.66. The van der Waals surface area contributed by atoms with E-state index in [2.05, 4.69) is 13.8 Å². The first-order valence-electron chi connectivity index (χ1n) is 5.78. The van der Waals surface area contributed by atoms with Gasteiger partial charge in [0.1, 0.15) is 0 Å². The molecule has 0 rings (SSSR count). The van der Waals surface area contributed by atoms with Crippen molar-refractivity contribution < 1.29 is 9.47 Å². The summed E-state index contributed by atoms with van der Waals surface area (Å²) >= 11 is 0. The van der Waals surface area contributed by atoms with Crippen LogP contribution in [0.15, 0.2) is 0 Å². The van der Waals surface area contributed by atoms with E-state index in [0.29, 0.717) is 12.0 Å². The van der Waals surface area contributed by atoms with E-state index in [1.165, 1.54) is 25.7 Å². The highest BCUT2D eigenvalue weighted by atomic mass is 16.5. The lowest BCUT2D eigenvalue weighted by molar-refractivity contribution is 0.0275. The summed E-state index contributed by atoms with van der Waals surface area (Å²) in [6, 6.07) is 0. The summed E-state index contributed by atoms with van der Waals surface area (Å²) in [4.78, 5) is 0. The van der Waals surface area contributed by atoms with Gasteiger partial charge in [0.05, 0.1) is 6.10 Å². The summed E-state index contributed by atoms with van der Waals surface area (Å²) in [6.07, 6.45) is 6.61. The first kappa shape index (κ1) is 13.9. The van der Waals surface area contributed by atoms with Crippen LogP contribution in [0.4, 0.5) is 0 Å². The lowest BCUT2D eigenvalue weighted by atomic mass is 9.95. The van der Waals surface area contributed by atoms with Gasteiger partial charge >= 0.3 is 0 Å². The minimum absolute atomic E-state index is 0.367. The zero-order chi connectivity index (χ0) is 10.8. The van der Waals surface area contributed by atoms with Crippen molar-refractivity contribution in [3.05, 3.63) is 0 Å². The van der Waals surface area contributed by atoms with Crippen molar-refractivity contribution in [3.63, 3.8) is 0 Å². The number of ether oxygens (including phenoxy) is 2. The van der Waals surface area contributed by atoms with E-state index >= 15 is 0 Å². The van der Waals surface area contributed by atoms with Crippen LogP contribution in [0.3, 0.4) is 0 Å². The van der Waals surface area contributed by atoms with Crippen LogP contribution in [0.25, 0.3) is 0 Å². The maximum atomic E-state index is 5.46. The SMILES string of the molecule is CCCCCC(C)C(CCOC)OC. The van der Waals surface area contributed by atoms with E-state index in [1.54, 1.807) is 14.2 Å². The fourth-order valence-corrected chi connectivity index (χ4v) is 1.77. The van der Waals surface area contributed by atoms with Crippen molar-refractivity contribution in [1.82, 2.24) is 0 Å². The Morgan fingerprint density at radius 3 is 2.29 bits per heavy atom. The standard InChI is InChI=1S/C12H26O2/c1-5-6-7-8-11(2)12(14-4)9-10-13-3/h11-12H,5-10H2,1-4H3. The van der Waals surface area contributed by atoms with Crippen molar-refractivity contribution >= 4 is 0 Å². The molecule has 2 unspecified atom stereocenters. The van der Waals surface area contributed by atoms with Crippen molar-refractivity contribution in [2.24, 2.45) is 5.92 Å². The molecule has 0 radical (unpaired) electrons. The van der Waals surface area contributed by atoms with E-state index in [1.807, 2.05) is 0 Å². The van der Waals surface area contributed by atoms with Gasteiger partial charge in [-0.05, 0) is 18.8 Å². The summed E-state index contributed by atoms with van der Waals surface area (Å²) in [5, 5.41) is 0. The molecule has 0 N–H and O–H groups in total. The average molecular weight is 202 g/mol. The molecule has 0 aliphatic carbocycles. The highest BCUT2D eigenvalue weighted by Crippen LogP contribution is 2.18. The van der Waals surface area contributed by atoms with Crippen molar-refractivity contribution in [1.29, 1.82) is 0 Å². The Balaban J connectivity index is 3.61. The normalized spacial score (nSPS) is 15.4. The largest absolute Gasteiger partial charge is 0.385 e. The number of rotatable bonds is 9. The number of hydrogen-bond acceptors (Lipinski definition) is 2. The second-order valence-electron chi connectivity index (χ2n) is 4.03. The van der Waals surface area contributed by atoms with Gasteiger partial charge in [-0.15, -0.1) is 0 Å². The number of methoxy groups -OCH3 is 2. The third-order valence-electron chi connectivity index (χ3n) is 2.81. The molecule has 2 heteroatoms. The Morgan fingerprint density at radius 2 is 1.79 bits per heavy atom. The van der Waals surface area contributed by atoms with E-state index in [4.69, 9.17) is 9.47 Å². The quantitative estimate of drug-likeness (QED) is 0.534. The third kappa shape index (κ3) is 6.39. The summed E-state index contributed by atoms with van der Waals surface area (Å²) in [6.45, 7) is 5.32. The molecule has 0 fully saturated rings. The Labute approximate surface area is 89.0 Å². The molecule has 0 amide bonds. The predicted molar refractivity (Wildman–Crippen MR) is 60.6 cm³/mol. The van der Waals surface area contributed by atoms with Crippen molar-refractivity contribution in [2.75, 3.05) is 20.8 Å². The van der Waals surface area contributed by atoms with E-state index in [9.17, 15) is 0 Å². The minimum atomic E-state index is 0.367. The molecule has 0 aromatic heterocycles. The predicted octanol–water partition coefficient (Wildman–Crippen LogP) is 3.25.